The number of carbonyl (C=O) groups is 1. The first-order valence-electron chi connectivity index (χ1n) is 14.9. The maximum atomic E-state index is 12.1. The SMILES string of the molecule is CCCCCCCCCCCCCC(=O)NCC=C(C)C=CC=C(C)C=CC1=C(C)CCCC1(C)C. The van der Waals surface area contributed by atoms with Crippen LogP contribution in [-0.4, -0.2) is 12.5 Å². The molecule has 1 amide bonds. The molecular weight excluding hydrogens is 438 g/mol. The Hall–Kier alpha value is -1.83. The third kappa shape index (κ3) is 15.3. The van der Waals surface area contributed by atoms with E-state index in [-0.39, 0.29) is 11.3 Å². The molecule has 0 aromatic heterocycles. The van der Waals surface area contributed by atoms with E-state index in [9.17, 15) is 4.79 Å². The lowest BCUT2D eigenvalue weighted by Gasteiger charge is -2.32. The van der Waals surface area contributed by atoms with Crippen LogP contribution in [0.2, 0.25) is 0 Å². The molecule has 204 valence electrons. The second kappa shape index (κ2) is 19.3. The molecule has 0 saturated carbocycles. The Bertz CT molecular complexity index is 775. The molecule has 0 heterocycles. The van der Waals surface area contributed by atoms with Crippen LogP contribution in [0.5, 0.6) is 0 Å². The minimum absolute atomic E-state index is 0.176. The summed E-state index contributed by atoms with van der Waals surface area (Å²) < 4.78 is 0. The zero-order valence-corrected chi connectivity index (χ0v) is 24.7. The van der Waals surface area contributed by atoms with E-state index in [1.165, 1.54) is 106 Å². The van der Waals surface area contributed by atoms with Gasteiger partial charge in [-0.25, -0.2) is 0 Å². The predicted octanol–water partition coefficient (Wildman–Crippen LogP) is 10.3. The van der Waals surface area contributed by atoms with E-state index in [0.717, 1.165) is 6.42 Å². The molecule has 2 nitrogen and oxygen atoms in total. The number of allylic oxidation sites excluding steroid dienone is 9. The summed E-state index contributed by atoms with van der Waals surface area (Å²) >= 11 is 0. The van der Waals surface area contributed by atoms with Gasteiger partial charge < -0.3 is 5.32 Å². The maximum Gasteiger partial charge on any atom is 0.220 e. The number of carbonyl (C=O) groups excluding carboxylic acids is 1. The molecule has 0 unspecified atom stereocenters. The van der Waals surface area contributed by atoms with Crippen molar-refractivity contribution in [2.75, 3.05) is 6.54 Å². The van der Waals surface area contributed by atoms with Crippen molar-refractivity contribution in [3.63, 3.8) is 0 Å². The first kappa shape index (κ1) is 32.2. The number of rotatable bonds is 18. The Morgan fingerprint density at radius 3 is 2.11 bits per heavy atom. The van der Waals surface area contributed by atoms with Crippen molar-refractivity contribution < 1.29 is 4.79 Å². The molecule has 0 radical (unpaired) electrons. The number of unbranched alkanes of at least 4 members (excludes halogenated alkanes) is 10. The second-order valence-corrected chi connectivity index (χ2v) is 11.6. The van der Waals surface area contributed by atoms with Crippen molar-refractivity contribution in [2.24, 2.45) is 5.41 Å². The lowest BCUT2D eigenvalue weighted by Crippen LogP contribution is -2.22. The molecule has 0 atom stereocenters. The summed E-state index contributed by atoms with van der Waals surface area (Å²) in [4.78, 5) is 12.1. The van der Waals surface area contributed by atoms with Crippen LogP contribution in [-0.2, 0) is 4.79 Å². The lowest BCUT2D eigenvalue weighted by atomic mass is 9.72. The van der Waals surface area contributed by atoms with E-state index in [2.05, 4.69) is 83.3 Å². The molecule has 1 aliphatic carbocycles. The highest BCUT2D eigenvalue weighted by Crippen LogP contribution is 2.40. The summed E-state index contributed by atoms with van der Waals surface area (Å²) in [5, 5.41) is 3.04. The fraction of sp³-hybridized carbons (Fsp3) is 0.676. The van der Waals surface area contributed by atoms with Gasteiger partial charge in [-0.3, -0.25) is 4.79 Å². The van der Waals surface area contributed by atoms with Crippen LogP contribution in [0.25, 0.3) is 0 Å². The molecule has 1 N–H and O–H groups in total. The fourth-order valence-corrected chi connectivity index (χ4v) is 5.06. The van der Waals surface area contributed by atoms with Crippen LogP contribution in [0, 0.1) is 5.41 Å². The van der Waals surface area contributed by atoms with Gasteiger partial charge in [-0.05, 0) is 57.4 Å². The largest absolute Gasteiger partial charge is 0.353 e. The Morgan fingerprint density at radius 2 is 1.50 bits per heavy atom. The minimum atomic E-state index is 0.176. The van der Waals surface area contributed by atoms with E-state index in [0.29, 0.717) is 13.0 Å². The molecule has 0 spiro atoms. The fourth-order valence-electron chi connectivity index (χ4n) is 5.06. The molecule has 0 aliphatic heterocycles. The first-order valence-corrected chi connectivity index (χ1v) is 14.9. The van der Waals surface area contributed by atoms with E-state index >= 15 is 0 Å². The number of hydrogen-bond donors (Lipinski definition) is 1. The highest BCUT2D eigenvalue weighted by Gasteiger charge is 2.26. The molecule has 2 heteroatoms. The van der Waals surface area contributed by atoms with Gasteiger partial charge in [0.05, 0.1) is 0 Å². The van der Waals surface area contributed by atoms with Crippen molar-refractivity contribution in [1.82, 2.24) is 5.32 Å². The number of amides is 1. The summed E-state index contributed by atoms with van der Waals surface area (Å²) in [5.74, 6) is 0.176. The summed E-state index contributed by atoms with van der Waals surface area (Å²) in [6, 6.07) is 0. The summed E-state index contributed by atoms with van der Waals surface area (Å²) in [5.41, 5.74) is 5.75. The lowest BCUT2D eigenvalue weighted by molar-refractivity contribution is -0.121. The van der Waals surface area contributed by atoms with Gasteiger partial charge in [0.2, 0.25) is 5.91 Å². The standard InChI is InChI=1S/C34H57NO/c1-7-8-9-10-11-12-13-14-15-16-17-23-33(36)35-28-26-30(3)21-18-20-29(2)24-25-32-31(4)22-19-27-34(32,5)6/h18,20-21,24-26H,7-17,19,22-23,27-28H2,1-6H3,(H,35,36). The zero-order chi connectivity index (χ0) is 26.7. The molecule has 36 heavy (non-hydrogen) atoms. The second-order valence-electron chi connectivity index (χ2n) is 11.6. The van der Waals surface area contributed by atoms with Crippen molar-refractivity contribution in [2.45, 2.75) is 138 Å². The molecule has 0 aromatic carbocycles. The highest BCUT2D eigenvalue weighted by atomic mass is 16.1. The average Bonchev–Trinajstić information content (AvgIpc) is 2.82. The smallest absolute Gasteiger partial charge is 0.220 e. The van der Waals surface area contributed by atoms with Gasteiger partial charge in [0.1, 0.15) is 0 Å². The summed E-state index contributed by atoms with van der Waals surface area (Å²) in [7, 11) is 0. The highest BCUT2D eigenvalue weighted by molar-refractivity contribution is 5.75. The molecule has 1 aliphatic rings. The van der Waals surface area contributed by atoms with Gasteiger partial charge in [-0.15, -0.1) is 0 Å². The van der Waals surface area contributed by atoms with Crippen LogP contribution < -0.4 is 5.32 Å². The molecule has 0 bridgehead atoms. The third-order valence-corrected chi connectivity index (χ3v) is 7.50. The minimum Gasteiger partial charge on any atom is -0.353 e. The normalized spacial score (nSPS) is 16.9. The first-order chi connectivity index (χ1) is 17.3. The van der Waals surface area contributed by atoms with Crippen molar-refractivity contribution in [3.05, 3.63) is 58.7 Å². The maximum absolute atomic E-state index is 12.1. The average molecular weight is 496 g/mol. The van der Waals surface area contributed by atoms with E-state index in [4.69, 9.17) is 0 Å². The number of hydrogen-bond acceptors (Lipinski definition) is 1. The van der Waals surface area contributed by atoms with Gasteiger partial charge >= 0.3 is 0 Å². The Kier molecular flexibility index (Phi) is 17.3. The third-order valence-electron chi connectivity index (χ3n) is 7.50. The Morgan fingerprint density at radius 1 is 0.889 bits per heavy atom. The van der Waals surface area contributed by atoms with Crippen LogP contribution in [0.4, 0.5) is 0 Å². The number of nitrogens with one attached hydrogen (secondary N) is 1. The monoisotopic (exact) mass is 495 g/mol. The van der Waals surface area contributed by atoms with Crippen LogP contribution >= 0.6 is 0 Å². The quantitative estimate of drug-likeness (QED) is 0.149. The predicted molar refractivity (Wildman–Crippen MR) is 160 cm³/mol. The molecule has 0 aromatic rings. The van der Waals surface area contributed by atoms with Gasteiger partial charge in [0.15, 0.2) is 0 Å². The molecule has 0 fully saturated rings. The molecular formula is C34H57NO. The Labute approximate surface area is 224 Å². The van der Waals surface area contributed by atoms with Crippen LogP contribution in [0.3, 0.4) is 0 Å². The Balaban J connectivity index is 2.19. The van der Waals surface area contributed by atoms with Gasteiger partial charge in [-0.2, -0.15) is 0 Å². The van der Waals surface area contributed by atoms with E-state index < -0.39 is 0 Å². The van der Waals surface area contributed by atoms with Gasteiger partial charge in [0, 0.05) is 13.0 Å². The van der Waals surface area contributed by atoms with Gasteiger partial charge in [0.25, 0.3) is 0 Å². The van der Waals surface area contributed by atoms with Gasteiger partial charge in [-0.1, -0.05) is 138 Å². The van der Waals surface area contributed by atoms with E-state index in [1.807, 2.05) is 0 Å². The molecule has 1 rings (SSSR count). The van der Waals surface area contributed by atoms with Crippen molar-refractivity contribution in [3.8, 4) is 0 Å². The van der Waals surface area contributed by atoms with E-state index in [1.54, 1.807) is 0 Å². The summed E-state index contributed by atoms with van der Waals surface area (Å²) in [6.07, 6.45) is 31.9. The molecule has 0 saturated heterocycles. The zero-order valence-electron chi connectivity index (χ0n) is 24.7. The van der Waals surface area contributed by atoms with Crippen molar-refractivity contribution in [1.29, 1.82) is 0 Å². The van der Waals surface area contributed by atoms with Crippen molar-refractivity contribution >= 4 is 5.91 Å². The topological polar surface area (TPSA) is 29.1 Å². The van der Waals surface area contributed by atoms with Crippen LogP contribution in [0.1, 0.15) is 138 Å². The van der Waals surface area contributed by atoms with Crippen LogP contribution in [0.15, 0.2) is 58.7 Å². The summed E-state index contributed by atoms with van der Waals surface area (Å²) in [6.45, 7) is 14.1.